The third kappa shape index (κ3) is 4.30. The zero-order chi connectivity index (χ0) is 25.4. The number of fused-ring (bicyclic) bond motifs is 6. The molecule has 2 aliphatic rings. The minimum absolute atomic E-state index is 0. The number of hydrogen-bond donors (Lipinski definition) is 0. The molecule has 4 aromatic carbocycles. The monoisotopic (exact) mass is 594 g/mol. The zero-order valence-electron chi connectivity index (χ0n) is 23.4. The third-order valence-corrected chi connectivity index (χ3v) is 20.4. The Hall–Kier alpha value is -1.61. The fourth-order valence-corrected chi connectivity index (χ4v) is 20.4. The van der Waals surface area contributed by atoms with Gasteiger partial charge in [0.25, 0.3) is 0 Å². The molecule has 4 heteroatoms. The molecule has 198 valence electrons. The van der Waals surface area contributed by atoms with E-state index in [4.69, 9.17) is 0 Å². The van der Waals surface area contributed by atoms with E-state index in [-0.39, 0.29) is 24.8 Å². The summed E-state index contributed by atoms with van der Waals surface area (Å²) in [5.41, 5.74) is 9.47. The summed E-state index contributed by atoms with van der Waals surface area (Å²) in [6.45, 7) is 9.65. The van der Waals surface area contributed by atoms with Crippen molar-refractivity contribution in [1.29, 1.82) is 0 Å². The Morgan fingerprint density at radius 1 is 0.579 bits per heavy atom. The average Bonchev–Trinajstić information content (AvgIpc) is 3.45. The van der Waals surface area contributed by atoms with Gasteiger partial charge in [0.1, 0.15) is 0 Å². The number of rotatable bonds is 4. The summed E-state index contributed by atoms with van der Waals surface area (Å²) in [6, 6.07) is 27.6. The maximum Gasteiger partial charge on any atom is -0.147 e. The molecule has 0 aromatic heterocycles. The van der Waals surface area contributed by atoms with Gasteiger partial charge in [-0.3, -0.25) is 0 Å². The van der Waals surface area contributed by atoms with Crippen LogP contribution in [0.4, 0.5) is 0 Å². The first-order valence-corrected chi connectivity index (χ1v) is 22.5. The zero-order valence-corrected chi connectivity index (χ0v) is 28.0. The topological polar surface area (TPSA) is 0 Å². The molecule has 2 atom stereocenters. The first-order chi connectivity index (χ1) is 17.1. The van der Waals surface area contributed by atoms with Crippen molar-refractivity contribution in [2.75, 3.05) is 0 Å². The standard InChI is InChI=1S/2C16H15.2CH3.2ClH.H2Si.Ti/c2*1-11(2)14-9-13-8-7-12-5-3-4-6-15(12)16(13)10-14;;;;;;/h2*3-11H,1-2H3;2*1H3;2*1H;1H2;. The summed E-state index contributed by atoms with van der Waals surface area (Å²) in [7, 11) is 2.46. The second kappa shape index (κ2) is 10.1. The van der Waals surface area contributed by atoms with Crippen molar-refractivity contribution in [2.24, 2.45) is 11.8 Å². The van der Waals surface area contributed by atoms with Gasteiger partial charge in [0.2, 0.25) is 0 Å². The second-order valence-electron chi connectivity index (χ2n) is 13.0. The van der Waals surface area contributed by atoms with Crippen LogP contribution < -0.4 is 0 Å². The van der Waals surface area contributed by atoms with E-state index in [2.05, 4.69) is 131 Å². The van der Waals surface area contributed by atoms with Crippen LogP contribution in [0.3, 0.4) is 0 Å². The number of benzene rings is 4. The second-order valence-corrected chi connectivity index (χ2v) is 33.2. The van der Waals surface area contributed by atoms with Gasteiger partial charge in [-0.25, -0.2) is 0 Å². The molecular formula is C34H40Cl2SiTi. The SMILES string of the molecule is CC(C)C1=Cc2ccc3ccccc3c2[CH]1[Ti]([CH3])([CH3])(=[SiH2])[CH]1C(C(C)C)=Cc2ccc3ccccc3c21.Cl.Cl. The normalized spacial score (nSPS) is 18.7. The minimum Gasteiger partial charge on any atom is -0.147 e. The van der Waals surface area contributed by atoms with Crippen LogP contribution in [0.5, 0.6) is 0 Å². The van der Waals surface area contributed by atoms with Crippen molar-refractivity contribution in [3.05, 3.63) is 106 Å². The molecule has 4 aromatic rings. The molecule has 0 saturated carbocycles. The Morgan fingerprint density at radius 2 is 0.947 bits per heavy atom. The van der Waals surface area contributed by atoms with Gasteiger partial charge in [0.05, 0.1) is 0 Å². The molecule has 0 amide bonds. The van der Waals surface area contributed by atoms with E-state index < -0.39 is 14.0 Å². The van der Waals surface area contributed by atoms with E-state index in [1.54, 1.807) is 22.3 Å². The van der Waals surface area contributed by atoms with Crippen molar-refractivity contribution in [1.82, 2.24) is 0 Å². The molecule has 0 fully saturated rings. The van der Waals surface area contributed by atoms with Gasteiger partial charge in [-0.2, -0.15) is 0 Å². The molecule has 0 nitrogen and oxygen atoms in total. The number of halogens is 2. The molecule has 0 saturated heterocycles. The van der Waals surface area contributed by atoms with Crippen LogP contribution >= 0.6 is 24.8 Å². The summed E-state index contributed by atoms with van der Waals surface area (Å²) in [6.07, 6.45) is 5.14. The summed E-state index contributed by atoms with van der Waals surface area (Å²) in [5, 5.41) is 11.2. The number of hydrogen-bond acceptors (Lipinski definition) is 0. The first-order valence-electron chi connectivity index (χ1n) is 13.6. The van der Waals surface area contributed by atoms with Crippen LogP contribution in [0.2, 0.25) is 10.5 Å². The molecule has 38 heavy (non-hydrogen) atoms. The minimum atomic E-state index is -3.38. The molecule has 0 radical (unpaired) electrons. The van der Waals surface area contributed by atoms with Crippen LogP contribution in [0.15, 0.2) is 83.9 Å². The fourth-order valence-electron chi connectivity index (χ4n) is 7.59. The van der Waals surface area contributed by atoms with E-state index in [0.29, 0.717) is 20.3 Å². The summed E-state index contributed by atoms with van der Waals surface area (Å²) < 4.78 is 1.05. The molecule has 0 N–H and O–H groups in total. The maximum atomic E-state index is 2.77. The van der Waals surface area contributed by atoms with E-state index >= 15 is 0 Å². The van der Waals surface area contributed by atoms with Crippen LogP contribution in [0, 0.1) is 11.8 Å². The van der Waals surface area contributed by atoms with Crippen LogP contribution in [0.25, 0.3) is 33.7 Å². The van der Waals surface area contributed by atoms with Gasteiger partial charge in [-0.05, 0) is 0 Å². The summed E-state index contributed by atoms with van der Waals surface area (Å²) in [5.74, 6) is 1.07. The molecule has 6 rings (SSSR count). The van der Waals surface area contributed by atoms with Crippen molar-refractivity contribution >= 4 is 66.1 Å². The predicted molar refractivity (Wildman–Crippen MR) is 174 cm³/mol. The van der Waals surface area contributed by atoms with Gasteiger partial charge in [-0.1, -0.05) is 0 Å². The van der Waals surface area contributed by atoms with E-state index in [1.807, 2.05) is 0 Å². The van der Waals surface area contributed by atoms with Crippen LogP contribution in [-0.4, -0.2) is 7.63 Å². The molecular weight excluding hydrogens is 555 g/mol. The predicted octanol–water partition coefficient (Wildman–Crippen LogP) is 10.1. The molecule has 0 bridgehead atoms. The van der Waals surface area contributed by atoms with Crippen LogP contribution in [-0.2, 0) is 14.0 Å². The third-order valence-electron chi connectivity index (χ3n) is 9.13. The van der Waals surface area contributed by atoms with Crippen molar-refractivity contribution < 1.29 is 14.0 Å². The molecule has 2 aliphatic carbocycles. The number of allylic oxidation sites excluding steroid dienone is 2. The Labute approximate surface area is 243 Å². The van der Waals surface area contributed by atoms with Crippen LogP contribution in [0.1, 0.15) is 58.4 Å². The Balaban J connectivity index is 0.00000168. The summed E-state index contributed by atoms with van der Waals surface area (Å²) >= 11 is -3.38. The van der Waals surface area contributed by atoms with Gasteiger partial charge in [0.15, 0.2) is 0 Å². The molecule has 0 heterocycles. The van der Waals surface area contributed by atoms with E-state index in [1.165, 1.54) is 32.7 Å². The van der Waals surface area contributed by atoms with E-state index in [9.17, 15) is 0 Å². The molecule has 2 unspecified atom stereocenters. The van der Waals surface area contributed by atoms with Gasteiger partial charge < -0.3 is 0 Å². The van der Waals surface area contributed by atoms with Crippen molar-refractivity contribution in [2.45, 2.75) is 46.6 Å². The fraction of sp³-hybridized carbons (Fsp3) is 0.294. The van der Waals surface area contributed by atoms with E-state index in [0.717, 1.165) is 0 Å². The average molecular weight is 596 g/mol. The quantitative estimate of drug-likeness (QED) is 0.206. The molecule has 0 spiro atoms. The van der Waals surface area contributed by atoms with Gasteiger partial charge >= 0.3 is 220 Å². The Kier molecular flexibility index (Phi) is 7.80. The first kappa shape index (κ1) is 29.4. The Morgan fingerprint density at radius 3 is 1.32 bits per heavy atom. The molecule has 0 aliphatic heterocycles. The van der Waals surface area contributed by atoms with Crippen molar-refractivity contribution in [3.63, 3.8) is 0 Å². The largest absolute Gasteiger partial charge is 0.147 e. The maximum absolute atomic E-state index is 3.38. The smallest absolute Gasteiger partial charge is 0.147 e. The van der Waals surface area contributed by atoms with Crippen molar-refractivity contribution in [3.8, 4) is 0 Å². The van der Waals surface area contributed by atoms with Gasteiger partial charge in [-0.15, -0.1) is 24.8 Å². The van der Waals surface area contributed by atoms with Gasteiger partial charge in [0, 0.05) is 0 Å². The summed E-state index contributed by atoms with van der Waals surface area (Å²) in [4.78, 5) is 0. The Bertz CT molecular complexity index is 1570.